The number of benzene rings is 1. The van der Waals surface area contributed by atoms with Crippen molar-refractivity contribution >= 4 is 17.8 Å². The lowest BCUT2D eigenvalue weighted by Crippen LogP contribution is -2.51. The number of piperidine rings is 2. The zero-order chi connectivity index (χ0) is 22.5. The molecule has 3 aliphatic rings. The van der Waals surface area contributed by atoms with Crippen molar-refractivity contribution in [3.63, 3.8) is 0 Å². The Bertz CT molecular complexity index is 826. The van der Waals surface area contributed by atoms with E-state index in [1.165, 1.54) is 43.7 Å². The first-order valence-corrected chi connectivity index (χ1v) is 11.8. The molecule has 3 aliphatic heterocycles. The molecule has 32 heavy (non-hydrogen) atoms. The maximum Gasteiger partial charge on any atom is 0.324 e. The molecule has 8 nitrogen and oxygen atoms in total. The number of hydrogen-bond acceptors (Lipinski definition) is 5. The first kappa shape index (κ1) is 22.6. The average Bonchev–Trinajstić information content (AvgIpc) is 3.08. The van der Waals surface area contributed by atoms with Crippen LogP contribution in [0.4, 0.5) is 4.79 Å². The predicted molar refractivity (Wildman–Crippen MR) is 120 cm³/mol. The summed E-state index contributed by atoms with van der Waals surface area (Å²) in [5.41, 5.74) is 1.01. The van der Waals surface area contributed by atoms with Gasteiger partial charge in [0.05, 0.1) is 13.5 Å². The quantitative estimate of drug-likeness (QED) is 0.601. The molecule has 0 bridgehead atoms. The van der Waals surface area contributed by atoms with Crippen molar-refractivity contribution in [2.75, 3.05) is 33.3 Å². The van der Waals surface area contributed by atoms with Crippen LogP contribution in [0, 0.1) is 5.92 Å². The number of methoxy groups -OCH3 is 1. The molecule has 3 fully saturated rings. The average molecular weight is 443 g/mol. The normalized spacial score (nSPS) is 25.9. The number of nitrogens with one attached hydrogen (secondary N) is 2. The largest absolute Gasteiger partial charge is 0.497 e. The van der Waals surface area contributed by atoms with Crippen molar-refractivity contribution in [3.8, 4) is 5.75 Å². The first-order chi connectivity index (χ1) is 15.5. The van der Waals surface area contributed by atoms with Gasteiger partial charge in [-0.25, -0.2) is 4.79 Å². The third-order valence-electron chi connectivity index (χ3n) is 7.07. The van der Waals surface area contributed by atoms with Crippen molar-refractivity contribution in [3.05, 3.63) is 29.8 Å². The van der Waals surface area contributed by atoms with E-state index in [4.69, 9.17) is 4.74 Å². The summed E-state index contributed by atoms with van der Waals surface area (Å²) in [5.74, 6) is 0.741. The van der Waals surface area contributed by atoms with Crippen molar-refractivity contribution < 1.29 is 19.1 Å². The second-order valence-corrected chi connectivity index (χ2v) is 9.10. The van der Waals surface area contributed by atoms with Gasteiger partial charge < -0.3 is 20.3 Å². The molecule has 0 radical (unpaired) electrons. The highest BCUT2D eigenvalue weighted by atomic mass is 16.5. The zero-order valence-corrected chi connectivity index (χ0v) is 18.8. The molecule has 0 aromatic heterocycles. The summed E-state index contributed by atoms with van der Waals surface area (Å²) in [6.07, 6.45) is 6.61. The van der Waals surface area contributed by atoms with Gasteiger partial charge in [-0.3, -0.25) is 14.5 Å². The van der Waals surface area contributed by atoms with E-state index in [0.29, 0.717) is 24.9 Å². The Hall–Kier alpha value is -2.61. The first-order valence-electron chi connectivity index (χ1n) is 11.8. The lowest BCUT2D eigenvalue weighted by molar-refractivity contribution is -0.131. The molecule has 174 valence electrons. The molecule has 3 saturated heterocycles. The zero-order valence-electron chi connectivity index (χ0n) is 18.8. The van der Waals surface area contributed by atoms with Crippen LogP contribution < -0.4 is 15.4 Å². The number of rotatable bonds is 8. The molecule has 0 spiro atoms. The molecule has 0 aliphatic carbocycles. The van der Waals surface area contributed by atoms with E-state index in [1.54, 1.807) is 7.11 Å². The second kappa shape index (κ2) is 10.3. The minimum atomic E-state index is -0.782. The maximum atomic E-state index is 12.7. The van der Waals surface area contributed by atoms with E-state index in [1.807, 2.05) is 24.3 Å². The molecule has 3 atom stereocenters. The number of hydrogen-bond donors (Lipinski definition) is 2. The molecule has 0 saturated carbocycles. The Balaban J connectivity index is 1.23. The molecular formula is C24H34N4O4. The van der Waals surface area contributed by atoms with E-state index in [2.05, 4.69) is 15.5 Å². The summed E-state index contributed by atoms with van der Waals surface area (Å²) in [6, 6.07) is 6.91. The van der Waals surface area contributed by atoms with Crippen molar-refractivity contribution in [2.24, 2.45) is 5.92 Å². The van der Waals surface area contributed by atoms with E-state index >= 15 is 0 Å². The van der Waals surface area contributed by atoms with E-state index in [-0.39, 0.29) is 24.8 Å². The molecular weight excluding hydrogens is 408 g/mol. The Morgan fingerprint density at radius 3 is 2.69 bits per heavy atom. The van der Waals surface area contributed by atoms with Crippen molar-refractivity contribution in [1.82, 2.24) is 20.4 Å². The van der Waals surface area contributed by atoms with Crippen molar-refractivity contribution in [2.45, 2.75) is 57.0 Å². The Kier molecular flexibility index (Phi) is 7.29. The number of nitrogens with zero attached hydrogens (tertiary/aromatic N) is 2. The fraction of sp³-hybridized carbons (Fsp3) is 0.625. The van der Waals surface area contributed by atoms with Gasteiger partial charge in [-0.05, 0) is 68.8 Å². The highest BCUT2D eigenvalue weighted by Gasteiger charge is 2.39. The van der Waals surface area contributed by atoms with E-state index < -0.39 is 12.1 Å². The van der Waals surface area contributed by atoms with Gasteiger partial charge in [0.15, 0.2) is 0 Å². The smallest absolute Gasteiger partial charge is 0.324 e. The fourth-order valence-corrected chi connectivity index (χ4v) is 5.28. The highest BCUT2D eigenvalue weighted by Crippen LogP contribution is 2.30. The molecule has 2 N–H and O–H groups in total. The van der Waals surface area contributed by atoms with Gasteiger partial charge in [-0.2, -0.15) is 0 Å². The summed E-state index contributed by atoms with van der Waals surface area (Å²) >= 11 is 0. The van der Waals surface area contributed by atoms with E-state index in [0.717, 1.165) is 17.7 Å². The summed E-state index contributed by atoms with van der Waals surface area (Å²) in [5, 5.41) is 5.70. The van der Waals surface area contributed by atoms with Crippen LogP contribution in [0.15, 0.2) is 24.3 Å². The standard InChI is InChI=1S/C24H34N4O4/c1-32-19-9-7-17(8-10-19)11-14-28-23(30)20(26-24(28)31)15-22(29)25-16-18-5-4-13-27-12-3-2-6-21(18)27/h7-10,18,20-21H,2-6,11-16H2,1H3,(H,25,29)(H,26,31)/t18-,20?,21+/m0/s1. The van der Waals surface area contributed by atoms with Gasteiger partial charge >= 0.3 is 6.03 Å². The van der Waals surface area contributed by atoms with Crippen LogP contribution in [0.1, 0.15) is 44.1 Å². The van der Waals surface area contributed by atoms with Crippen LogP contribution in [-0.4, -0.2) is 73.0 Å². The monoisotopic (exact) mass is 442 g/mol. The topological polar surface area (TPSA) is 91.0 Å². The van der Waals surface area contributed by atoms with Crippen LogP contribution in [0.25, 0.3) is 0 Å². The molecule has 3 heterocycles. The van der Waals surface area contributed by atoms with Crippen LogP contribution in [0.3, 0.4) is 0 Å². The summed E-state index contributed by atoms with van der Waals surface area (Å²) < 4.78 is 5.15. The van der Waals surface area contributed by atoms with Crippen LogP contribution in [0.5, 0.6) is 5.75 Å². The number of fused-ring (bicyclic) bond motifs is 1. The summed E-state index contributed by atoms with van der Waals surface area (Å²) in [7, 11) is 1.61. The van der Waals surface area contributed by atoms with Crippen LogP contribution in [0.2, 0.25) is 0 Å². The third kappa shape index (κ3) is 5.23. The molecule has 1 aromatic carbocycles. The number of urea groups is 1. The number of carbonyl (C=O) groups excluding carboxylic acids is 3. The second-order valence-electron chi connectivity index (χ2n) is 9.10. The molecule has 4 rings (SSSR count). The maximum absolute atomic E-state index is 12.7. The van der Waals surface area contributed by atoms with Gasteiger partial charge in [0, 0.05) is 19.1 Å². The van der Waals surface area contributed by atoms with Gasteiger partial charge in [0.2, 0.25) is 5.91 Å². The molecule has 1 aromatic rings. The Morgan fingerprint density at radius 1 is 1.12 bits per heavy atom. The Labute approximate surface area is 189 Å². The lowest BCUT2D eigenvalue weighted by Gasteiger charge is -2.44. The van der Waals surface area contributed by atoms with Gasteiger partial charge in [0.25, 0.3) is 5.91 Å². The molecule has 1 unspecified atom stereocenters. The summed E-state index contributed by atoms with van der Waals surface area (Å²) in [4.78, 5) is 41.3. The van der Waals surface area contributed by atoms with Gasteiger partial charge in [-0.15, -0.1) is 0 Å². The van der Waals surface area contributed by atoms with Gasteiger partial charge in [0.1, 0.15) is 11.8 Å². The highest BCUT2D eigenvalue weighted by molar-refractivity contribution is 6.05. The number of amides is 4. The summed E-state index contributed by atoms with van der Waals surface area (Å²) in [6.45, 7) is 3.28. The lowest BCUT2D eigenvalue weighted by atomic mass is 9.83. The SMILES string of the molecule is COc1ccc(CCN2C(=O)NC(CC(=O)NC[C@@H]3CCCN4CCCC[C@H]34)C2=O)cc1. The van der Waals surface area contributed by atoms with E-state index in [9.17, 15) is 14.4 Å². The third-order valence-corrected chi connectivity index (χ3v) is 7.07. The minimum Gasteiger partial charge on any atom is -0.497 e. The van der Waals surface area contributed by atoms with Crippen LogP contribution >= 0.6 is 0 Å². The van der Waals surface area contributed by atoms with Crippen LogP contribution in [-0.2, 0) is 16.0 Å². The predicted octanol–water partition coefficient (Wildman–Crippen LogP) is 1.93. The number of ether oxygens (including phenoxy) is 1. The molecule has 8 heteroatoms. The number of imide groups is 1. The molecule has 4 amide bonds. The number of carbonyl (C=O) groups is 3. The van der Waals surface area contributed by atoms with Gasteiger partial charge in [-0.1, -0.05) is 18.6 Å². The minimum absolute atomic E-state index is 0.00922. The fourth-order valence-electron chi connectivity index (χ4n) is 5.28. The Morgan fingerprint density at radius 2 is 1.91 bits per heavy atom. The van der Waals surface area contributed by atoms with Crippen molar-refractivity contribution in [1.29, 1.82) is 0 Å².